The average molecular weight is 190 g/mol. The number of nitrogens with zero attached hydrogens (tertiary/aromatic N) is 1. The van der Waals surface area contributed by atoms with E-state index in [9.17, 15) is 9.59 Å². The number of hydrogen-bond acceptors (Lipinski definition) is 6. The van der Waals surface area contributed by atoms with Crippen molar-refractivity contribution in [2.75, 3.05) is 20.1 Å². The lowest BCUT2D eigenvalue weighted by Crippen LogP contribution is -2.31. The van der Waals surface area contributed by atoms with Gasteiger partial charge in [-0.3, -0.25) is 9.59 Å². The van der Waals surface area contributed by atoms with Crippen molar-refractivity contribution in [3.63, 3.8) is 0 Å². The molecule has 0 rings (SSSR count). The molecule has 0 heterocycles. The van der Waals surface area contributed by atoms with E-state index in [1.807, 2.05) is 0 Å². The predicted octanol–water partition coefficient (Wildman–Crippen LogP) is -0.536. The summed E-state index contributed by atoms with van der Waals surface area (Å²) in [6.45, 7) is 3.44. The van der Waals surface area contributed by atoms with Gasteiger partial charge in [-0.15, -0.1) is 5.06 Å². The van der Waals surface area contributed by atoms with Crippen LogP contribution in [-0.2, 0) is 19.3 Å². The number of nitrogens with one attached hydrogen (secondary N) is 1. The van der Waals surface area contributed by atoms with Crippen molar-refractivity contribution in [1.29, 1.82) is 0 Å². The van der Waals surface area contributed by atoms with Crippen LogP contribution in [0.1, 0.15) is 13.8 Å². The fourth-order valence-corrected chi connectivity index (χ4v) is 0.621. The molecule has 0 radical (unpaired) electrons. The molecule has 0 saturated heterocycles. The summed E-state index contributed by atoms with van der Waals surface area (Å²) in [6, 6.07) is 0. The second-order valence-electron chi connectivity index (χ2n) is 2.42. The SMILES string of the molecule is CC(=O)ONCCN(C)OC(C)=O. The van der Waals surface area contributed by atoms with Gasteiger partial charge in [0.05, 0.1) is 6.54 Å². The summed E-state index contributed by atoms with van der Waals surface area (Å²) in [5, 5.41) is 1.35. The van der Waals surface area contributed by atoms with E-state index in [0.29, 0.717) is 13.1 Å². The van der Waals surface area contributed by atoms with Crippen LogP contribution in [0.15, 0.2) is 0 Å². The van der Waals surface area contributed by atoms with Crippen molar-refractivity contribution in [3.8, 4) is 0 Å². The molecule has 0 spiro atoms. The average Bonchev–Trinajstić information content (AvgIpc) is 1.96. The highest BCUT2D eigenvalue weighted by molar-refractivity contribution is 5.65. The van der Waals surface area contributed by atoms with E-state index >= 15 is 0 Å². The third-order valence-electron chi connectivity index (χ3n) is 1.03. The number of carbonyl (C=O) groups is 2. The fourth-order valence-electron chi connectivity index (χ4n) is 0.621. The number of rotatable bonds is 5. The maximum absolute atomic E-state index is 10.4. The Morgan fingerprint density at radius 3 is 2.38 bits per heavy atom. The molecule has 0 aromatic heterocycles. The highest BCUT2D eigenvalue weighted by atomic mass is 16.7. The summed E-state index contributed by atoms with van der Waals surface area (Å²) in [7, 11) is 1.61. The molecule has 0 aromatic carbocycles. The predicted molar refractivity (Wildman–Crippen MR) is 44.2 cm³/mol. The Morgan fingerprint density at radius 1 is 1.31 bits per heavy atom. The molecule has 76 valence electrons. The third kappa shape index (κ3) is 8.77. The zero-order valence-corrected chi connectivity index (χ0v) is 7.99. The van der Waals surface area contributed by atoms with E-state index in [1.54, 1.807) is 7.05 Å². The summed E-state index contributed by atoms with van der Waals surface area (Å²) in [4.78, 5) is 29.8. The van der Waals surface area contributed by atoms with Gasteiger partial charge >= 0.3 is 11.9 Å². The molecule has 0 unspecified atom stereocenters. The van der Waals surface area contributed by atoms with Gasteiger partial charge in [0.15, 0.2) is 0 Å². The van der Waals surface area contributed by atoms with E-state index in [4.69, 9.17) is 0 Å². The van der Waals surface area contributed by atoms with Gasteiger partial charge < -0.3 is 9.68 Å². The van der Waals surface area contributed by atoms with Crippen LogP contribution in [0.25, 0.3) is 0 Å². The molecule has 0 aliphatic carbocycles. The smallest absolute Gasteiger partial charge is 0.322 e. The highest BCUT2D eigenvalue weighted by Gasteiger charge is 2.01. The lowest BCUT2D eigenvalue weighted by Gasteiger charge is -2.14. The second-order valence-corrected chi connectivity index (χ2v) is 2.42. The molecule has 0 saturated carbocycles. The molecule has 0 aromatic rings. The van der Waals surface area contributed by atoms with E-state index < -0.39 is 5.97 Å². The van der Waals surface area contributed by atoms with Gasteiger partial charge in [-0.05, 0) is 0 Å². The van der Waals surface area contributed by atoms with Crippen LogP contribution < -0.4 is 5.48 Å². The van der Waals surface area contributed by atoms with E-state index in [0.717, 1.165) is 0 Å². The van der Waals surface area contributed by atoms with Crippen molar-refractivity contribution in [2.45, 2.75) is 13.8 Å². The van der Waals surface area contributed by atoms with Crippen LogP contribution in [0.2, 0.25) is 0 Å². The fraction of sp³-hybridized carbons (Fsp3) is 0.714. The van der Waals surface area contributed by atoms with Gasteiger partial charge in [-0.2, -0.15) is 5.48 Å². The Labute approximate surface area is 76.7 Å². The number of hydroxylamine groups is 3. The normalized spacial score (nSPS) is 9.85. The molecule has 6 nitrogen and oxygen atoms in total. The molecule has 0 bridgehead atoms. The molecule has 0 fully saturated rings. The number of likely N-dealkylation sites (N-methyl/N-ethyl adjacent to an activating group) is 1. The molecule has 0 atom stereocenters. The van der Waals surface area contributed by atoms with Gasteiger partial charge in [0.2, 0.25) is 0 Å². The minimum atomic E-state index is -0.407. The first kappa shape index (κ1) is 11.9. The van der Waals surface area contributed by atoms with Crippen molar-refractivity contribution < 1.29 is 19.3 Å². The quantitative estimate of drug-likeness (QED) is 0.464. The zero-order chi connectivity index (χ0) is 10.3. The Hall–Kier alpha value is -1.14. The Balaban J connectivity index is 3.31. The Kier molecular flexibility index (Phi) is 5.82. The first-order chi connectivity index (χ1) is 6.02. The van der Waals surface area contributed by atoms with Crippen LogP contribution >= 0.6 is 0 Å². The van der Waals surface area contributed by atoms with Crippen LogP contribution in [0.3, 0.4) is 0 Å². The summed E-state index contributed by atoms with van der Waals surface area (Å²) in [5.74, 6) is -0.787. The standard InChI is InChI=1S/C7H14N2O4/c1-6(10)12-8-4-5-9(3)13-7(2)11/h8H,4-5H2,1-3H3. The largest absolute Gasteiger partial charge is 0.371 e. The summed E-state index contributed by atoms with van der Waals surface area (Å²) >= 11 is 0. The van der Waals surface area contributed by atoms with Crippen LogP contribution in [-0.4, -0.2) is 37.1 Å². The topological polar surface area (TPSA) is 67.9 Å². The first-order valence-corrected chi connectivity index (χ1v) is 3.82. The molecule has 6 heteroatoms. The molecule has 0 amide bonds. The zero-order valence-electron chi connectivity index (χ0n) is 7.99. The molecule has 13 heavy (non-hydrogen) atoms. The maximum Gasteiger partial charge on any atom is 0.322 e. The summed E-state index contributed by atoms with van der Waals surface area (Å²) in [5.41, 5.74) is 2.41. The second kappa shape index (κ2) is 6.38. The molecule has 0 aliphatic heterocycles. The highest BCUT2D eigenvalue weighted by Crippen LogP contribution is 1.84. The van der Waals surface area contributed by atoms with Gasteiger partial charge in [0.25, 0.3) is 0 Å². The van der Waals surface area contributed by atoms with Gasteiger partial charge in [-0.1, -0.05) is 0 Å². The monoisotopic (exact) mass is 190 g/mol. The van der Waals surface area contributed by atoms with Gasteiger partial charge in [-0.25, -0.2) is 0 Å². The van der Waals surface area contributed by atoms with Crippen molar-refractivity contribution in [3.05, 3.63) is 0 Å². The Morgan fingerprint density at radius 2 is 1.92 bits per heavy atom. The Bertz CT molecular complexity index is 183. The summed E-state index contributed by atoms with van der Waals surface area (Å²) < 4.78 is 0. The van der Waals surface area contributed by atoms with Crippen LogP contribution in [0, 0.1) is 0 Å². The summed E-state index contributed by atoms with van der Waals surface area (Å²) in [6.07, 6.45) is 0. The number of carbonyl (C=O) groups excluding carboxylic acids is 2. The third-order valence-corrected chi connectivity index (χ3v) is 1.03. The van der Waals surface area contributed by atoms with Crippen molar-refractivity contribution in [2.24, 2.45) is 0 Å². The van der Waals surface area contributed by atoms with Crippen LogP contribution in [0.4, 0.5) is 0 Å². The molecule has 1 N–H and O–H groups in total. The maximum atomic E-state index is 10.4. The van der Waals surface area contributed by atoms with Gasteiger partial charge in [0.1, 0.15) is 0 Å². The molecule has 0 aliphatic rings. The van der Waals surface area contributed by atoms with E-state index in [-0.39, 0.29) is 5.97 Å². The lowest BCUT2D eigenvalue weighted by atomic mass is 10.6. The van der Waals surface area contributed by atoms with E-state index in [1.165, 1.54) is 18.9 Å². The van der Waals surface area contributed by atoms with Crippen molar-refractivity contribution >= 4 is 11.9 Å². The van der Waals surface area contributed by atoms with Crippen LogP contribution in [0.5, 0.6) is 0 Å². The lowest BCUT2D eigenvalue weighted by molar-refractivity contribution is -0.182. The molecular weight excluding hydrogens is 176 g/mol. The van der Waals surface area contributed by atoms with E-state index in [2.05, 4.69) is 15.2 Å². The first-order valence-electron chi connectivity index (χ1n) is 3.82. The molecular formula is C7H14N2O4. The van der Waals surface area contributed by atoms with Crippen molar-refractivity contribution in [1.82, 2.24) is 10.5 Å². The minimum absolute atomic E-state index is 0.380. The van der Waals surface area contributed by atoms with Gasteiger partial charge in [0, 0.05) is 27.4 Å². The number of hydrogen-bond donors (Lipinski definition) is 1. The minimum Gasteiger partial charge on any atom is -0.371 e.